The highest BCUT2D eigenvalue weighted by Gasteiger charge is 2.40. The predicted molar refractivity (Wildman–Crippen MR) is 93.1 cm³/mol. The largest absolute Gasteiger partial charge is 0.350 e. The number of nitrogens with one attached hydrogen (secondary N) is 1. The fourth-order valence-corrected chi connectivity index (χ4v) is 5.17. The molecule has 3 aliphatic carbocycles. The Kier molecular flexibility index (Phi) is 4.61. The first kappa shape index (κ1) is 16.1. The molecule has 5 heteroatoms. The van der Waals surface area contributed by atoms with Crippen LogP contribution in [-0.4, -0.2) is 21.7 Å². The van der Waals surface area contributed by atoms with Gasteiger partial charge in [-0.3, -0.25) is 9.48 Å². The Morgan fingerprint density at radius 3 is 2.58 bits per heavy atom. The molecule has 5 nitrogen and oxygen atoms in total. The number of hydrogen-bond donors (Lipinski definition) is 2. The third kappa shape index (κ3) is 3.23. The monoisotopic (exact) mass is 330 g/mol. The van der Waals surface area contributed by atoms with Crippen molar-refractivity contribution in [2.75, 3.05) is 0 Å². The third-order valence-electron chi connectivity index (χ3n) is 6.59. The van der Waals surface area contributed by atoms with Crippen molar-refractivity contribution in [1.29, 1.82) is 0 Å². The van der Waals surface area contributed by atoms with E-state index in [4.69, 9.17) is 5.73 Å². The Morgan fingerprint density at radius 1 is 1.17 bits per heavy atom. The van der Waals surface area contributed by atoms with Crippen LogP contribution in [0, 0.1) is 17.8 Å². The summed E-state index contributed by atoms with van der Waals surface area (Å²) in [6.45, 7) is 0.552. The molecule has 0 aliphatic heterocycles. The number of amides is 1. The maximum atomic E-state index is 12.6. The van der Waals surface area contributed by atoms with Crippen molar-refractivity contribution in [2.45, 2.75) is 76.4 Å². The smallest absolute Gasteiger partial charge is 0.223 e. The summed E-state index contributed by atoms with van der Waals surface area (Å²) in [6.07, 6.45) is 12.8. The highest BCUT2D eigenvalue weighted by molar-refractivity contribution is 5.78. The van der Waals surface area contributed by atoms with Crippen LogP contribution in [0.5, 0.6) is 0 Å². The van der Waals surface area contributed by atoms with Gasteiger partial charge in [-0.25, -0.2) is 0 Å². The molecule has 24 heavy (non-hydrogen) atoms. The van der Waals surface area contributed by atoms with E-state index >= 15 is 0 Å². The summed E-state index contributed by atoms with van der Waals surface area (Å²) in [6, 6.07) is 2.93. The highest BCUT2D eigenvalue weighted by atomic mass is 16.1. The lowest BCUT2D eigenvalue weighted by Crippen LogP contribution is -2.49. The van der Waals surface area contributed by atoms with Crippen molar-refractivity contribution in [1.82, 2.24) is 15.1 Å². The van der Waals surface area contributed by atoms with E-state index in [1.54, 1.807) is 0 Å². The molecular formula is C19H30N4O. The summed E-state index contributed by atoms with van der Waals surface area (Å²) in [5, 5.41) is 7.78. The molecule has 132 valence electrons. The third-order valence-corrected chi connectivity index (χ3v) is 6.59. The molecule has 3 fully saturated rings. The molecule has 0 aromatic carbocycles. The SMILES string of the molecule is NC1C2CCCC1CC(C(=O)NCc1ccn(C3CCCC3)n1)C2. The Balaban J connectivity index is 1.30. The van der Waals surface area contributed by atoms with Gasteiger partial charge in [-0.2, -0.15) is 5.10 Å². The van der Waals surface area contributed by atoms with E-state index in [0.29, 0.717) is 30.5 Å². The van der Waals surface area contributed by atoms with Gasteiger partial charge in [-0.15, -0.1) is 0 Å². The summed E-state index contributed by atoms with van der Waals surface area (Å²) in [7, 11) is 0. The number of fused-ring (bicyclic) bond motifs is 2. The van der Waals surface area contributed by atoms with Gasteiger partial charge in [0.15, 0.2) is 0 Å². The minimum Gasteiger partial charge on any atom is -0.350 e. The summed E-state index contributed by atoms with van der Waals surface area (Å²) in [4.78, 5) is 12.6. The zero-order valence-electron chi connectivity index (χ0n) is 14.5. The maximum Gasteiger partial charge on any atom is 0.223 e. The number of hydrogen-bond acceptors (Lipinski definition) is 3. The summed E-state index contributed by atoms with van der Waals surface area (Å²) >= 11 is 0. The average Bonchev–Trinajstić information content (AvgIpc) is 3.23. The van der Waals surface area contributed by atoms with Crippen LogP contribution in [0.2, 0.25) is 0 Å². The minimum atomic E-state index is 0.150. The van der Waals surface area contributed by atoms with Gasteiger partial charge in [0, 0.05) is 18.2 Å². The van der Waals surface area contributed by atoms with E-state index in [2.05, 4.69) is 21.3 Å². The second-order valence-corrected chi connectivity index (χ2v) is 8.14. The van der Waals surface area contributed by atoms with Crippen molar-refractivity contribution in [3.63, 3.8) is 0 Å². The van der Waals surface area contributed by atoms with E-state index in [-0.39, 0.29) is 11.8 Å². The fourth-order valence-electron chi connectivity index (χ4n) is 5.17. The second kappa shape index (κ2) is 6.87. The van der Waals surface area contributed by atoms with E-state index in [9.17, 15) is 4.79 Å². The number of nitrogens with two attached hydrogens (primary N) is 1. The van der Waals surface area contributed by atoms with Gasteiger partial charge in [-0.1, -0.05) is 19.3 Å². The van der Waals surface area contributed by atoms with Crippen molar-refractivity contribution in [2.24, 2.45) is 23.5 Å². The van der Waals surface area contributed by atoms with Crippen LogP contribution >= 0.6 is 0 Å². The topological polar surface area (TPSA) is 72.9 Å². The number of aromatic nitrogens is 2. The molecule has 0 saturated heterocycles. The molecule has 0 spiro atoms. The zero-order valence-corrected chi connectivity index (χ0v) is 14.5. The van der Waals surface area contributed by atoms with Gasteiger partial charge in [0.25, 0.3) is 0 Å². The van der Waals surface area contributed by atoms with Crippen molar-refractivity contribution in [3.8, 4) is 0 Å². The fraction of sp³-hybridized carbons (Fsp3) is 0.789. The van der Waals surface area contributed by atoms with Gasteiger partial charge < -0.3 is 11.1 Å². The second-order valence-electron chi connectivity index (χ2n) is 8.14. The first-order chi connectivity index (χ1) is 11.7. The lowest BCUT2D eigenvalue weighted by atomic mass is 9.65. The minimum absolute atomic E-state index is 0.150. The van der Waals surface area contributed by atoms with E-state index in [1.165, 1.54) is 44.9 Å². The normalized spacial score (nSPS) is 33.5. The number of carbonyl (C=O) groups excluding carboxylic acids is 1. The van der Waals surface area contributed by atoms with E-state index in [0.717, 1.165) is 18.5 Å². The first-order valence-corrected chi connectivity index (χ1v) is 9.78. The Morgan fingerprint density at radius 2 is 1.88 bits per heavy atom. The average molecular weight is 330 g/mol. The standard InChI is InChI=1S/C19H30N4O/c20-18-13-4-3-5-14(18)11-15(10-13)19(24)21-12-16-8-9-23(22-16)17-6-1-2-7-17/h8-9,13-15,17-18H,1-7,10-12,20H2,(H,21,24). The molecule has 0 radical (unpaired) electrons. The van der Waals surface area contributed by atoms with E-state index in [1.807, 2.05) is 6.07 Å². The highest BCUT2D eigenvalue weighted by Crippen LogP contribution is 2.41. The molecule has 1 aromatic rings. The van der Waals surface area contributed by atoms with E-state index < -0.39 is 0 Å². The van der Waals surface area contributed by atoms with Gasteiger partial charge in [0.2, 0.25) is 5.91 Å². The maximum absolute atomic E-state index is 12.6. The van der Waals surface area contributed by atoms with Gasteiger partial charge >= 0.3 is 0 Å². The quantitative estimate of drug-likeness (QED) is 0.891. The molecule has 1 aromatic heterocycles. The molecule has 2 bridgehead atoms. The predicted octanol–water partition coefficient (Wildman–Crippen LogP) is 2.77. The van der Waals surface area contributed by atoms with Crippen molar-refractivity contribution < 1.29 is 4.79 Å². The van der Waals surface area contributed by atoms with Crippen molar-refractivity contribution >= 4 is 5.91 Å². The van der Waals surface area contributed by atoms with Gasteiger partial charge in [0.1, 0.15) is 0 Å². The lowest BCUT2D eigenvalue weighted by molar-refractivity contribution is -0.128. The summed E-state index contributed by atoms with van der Waals surface area (Å²) < 4.78 is 2.10. The number of rotatable bonds is 4. The number of nitrogens with zero attached hydrogens (tertiary/aromatic N) is 2. The Hall–Kier alpha value is -1.36. The molecular weight excluding hydrogens is 300 g/mol. The Labute approximate surface area is 144 Å². The van der Waals surface area contributed by atoms with Crippen LogP contribution < -0.4 is 11.1 Å². The molecule has 2 unspecified atom stereocenters. The van der Waals surface area contributed by atoms with Crippen LogP contribution in [0.15, 0.2) is 12.3 Å². The van der Waals surface area contributed by atoms with Crippen LogP contribution in [0.3, 0.4) is 0 Å². The van der Waals surface area contributed by atoms with Crippen molar-refractivity contribution in [3.05, 3.63) is 18.0 Å². The molecule has 3 aliphatic rings. The van der Waals surface area contributed by atoms with Crippen LogP contribution in [0.25, 0.3) is 0 Å². The van der Waals surface area contributed by atoms with Gasteiger partial charge in [-0.05, 0) is 56.4 Å². The summed E-state index contributed by atoms with van der Waals surface area (Å²) in [5.41, 5.74) is 7.30. The molecule has 2 atom stereocenters. The Bertz CT molecular complexity index is 564. The van der Waals surface area contributed by atoms with Crippen LogP contribution in [-0.2, 0) is 11.3 Å². The molecule has 3 N–H and O–H groups in total. The molecule has 3 saturated carbocycles. The van der Waals surface area contributed by atoms with Crippen LogP contribution in [0.4, 0.5) is 0 Å². The zero-order chi connectivity index (χ0) is 16.5. The molecule has 4 rings (SSSR count). The first-order valence-electron chi connectivity index (χ1n) is 9.78. The van der Waals surface area contributed by atoms with Gasteiger partial charge in [0.05, 0.1) is 18.3 Å². The summed E-state index contributed by atoms with van der Waals surface area (Å²) in [5.74, 6) is 1.45. The number of carbonyl (C=O) groups is 1. The lowest BCUT2D eigenvalue weighted by Gasteiger charge is -2.43. The molecule has 1 heterocycles. The molecule has 1 amide bonds. The van der Waals surface area contributed by atoms with Crippen LogP contribution in [0.1, 0.15) is 69.5 Å².